The minimum Gasteiger partial charge on any atom is -0.465 e. The molecule has 1 aliphatic rings. The van der Waals surface area contributed by atoms with Crippen molar-refractivity contribution < 1.29 is 9.53 Å². The second-order valence-corrected chi connectivity index (χ2v) is 8.94. The van der Waals surface area contributed by atoms with Crippen molar-refractivity contribution in [3.05, 3.63) is 69.5 Å². The van der Waals surface area contributed by atoms with Crippen molar-refractivity contribution in [1.82, 2.24) is 9.55 Å². The van der Waals surface area contributed by atoms with Crippen LogP contribution in [0.25, 0.3) is 21.1 Å². The fraction of sp³-hybridized carbons (Fsp3) is 0.292. The van der Waals surface area contributed by atoms with Gasteiger partial charge < -0.3 is 14.2 Å². The van der Waals surface area contributed by atoms with Crippen molar-refractivity contribution in [2.45, 2.75) is 18.8 Å². The molecule has 4 aromatic rings. The van der Waals surface area contributed by atoms with E-state index in [0.717, 1.165) is 42.4 Å². The van der Waals surface area contributed by atoms with E-state index in [9.17, 15) is 9.59 Å². The minimum atomic E-state index is -0.588. The quantitative estimate of drug-likeness (QED) is 0.450. The molecule has 0 aliphatic carbocycles. The van der Waals surface area contributed by atoms with Crippen LogP contribution in [-0.2, 0) is 11.8 Å². The molecule has 0 spiro atoms. The third kappa shape index (κ3) is 3.29. The summed E-state index contributed by atoms with van der Waals surface area (Å²) in [6.07, 6.45) is 1.84. The molecule has 7 heteroatoms. The maximum atomic E-state index is 13.1. The maximum absolute atomic E-state index is 13.1. The summed E-state index contributed by atoms with van der Waals surface area (Å²) < 4.78 is 7.73. The molecule has 3 heterocycles. The lowest BCUT2D eigenvalue weighted by Gasteiger charge is -2.34. The van der Waals surface area contributed by atoms with E-state index < -0.39 is 5.97 Å². The number of aromatic nitrogens is 2. The van der Waals surface area contributed by atoms with E-state index in [2.05, 4.69) is 17.0 Å². The van der Waals surface area contributed by atoms with Gasteiger partial charge in [0.1, 0.15) is 5.56 Å². The second-order valence-electron chi connectivity index (χ2n) is 7.88. The number of hydrogen-bond acceptors (Lipinski definition) is 6. The molecular weight excluding hydrogens is 410 g/mol. The number of hydrogen-bond donors (Lipinski definition) is 0. The van der Waals surface area contributed by atoms with Gasteiger partial charge in [0.25, 0.3) is 5.56 Å². The van der Waals surface area contributed by atoms with Crippen LogP contribution < -0.4 is 10.5 Å². The van der Waals surface area contributed by atoms with Crippen LogP contribution in [-0.4, -0.2) is 35.7 Å². The van der Waals surface area contributed by atoms with Gasteiger partial charge in [0.2, 0.25) is 0 Å². The zero-order chi connectivity index (χ0) is 21.5. The lowest BCUT2D eigenvalue weighted by molar-refractivity contribution is 0.0599. The molecule has 31 heavy (non-hydrogen) atoms. The number of para-hydroxylation sites is 2. The van der Waals surface area contributed by atoms with Gasteiger partial charge in [-0.2, -0.15) is 0 Å². The zero-order valence-corrected chi connectivity index (χ0v) is 18.3. The minimum absolute atomic E-state index is 0.113. The number of ether oxygens (including phenoxy) is 1. The van der Waals surface area contributed by atoms with Crippen LogP contribution in [0, 0.1) is 0 Å². The Balaban J connectivity index is 1.52. The van der Waals surface area contributed by atoms with Gasteiger partial charge in [-0.05, 0) is 31.0 Å². The molecule has 6 nitrogen and oxygen atoms in total. The van der Waals surface area contributed by atoms with Gasteiger partial charge in [0.05, 0.1) is 33.5 Å². The predicted octanol–water partition coefficient (Wildman–Crippen LogP) is 4.32. The van der Waals surface area contributed by atoms with Crippen molar-refractivity contribution >= 4 is 44.1 Å². The van der Waals surface area contributed by atoms with Crippen molar-refractivity contribution in [3.8, 4) is 0 Å². The van der Waals surface area contributed by atoms with Crippen LogP contribution in [0.3, 0.4) is 0 Å². The van der Waals surface area contributed by atoms with E-state index in [-0.39, 0.29) is 11.1 Å². The number of piperidine rings is 1. The molecule has 0 bridgehead atoms. The first kappa shape index (κ1) is 19.8. The highest BCUT2D eigenvalue weighted by Crippen LogP contribution is 2.37. The van der Waals surface area contributed by atoms with Gasteiger partial charge in [-0.1, -0.05) is 30.3 Å². The number of rotatable bonds is 3. The fourth-order valence-corrected chi connectivity index (χ4v) is 5.65. The summed E-state index contributed by atoms with van der Waals surface area (Å²) in [6.45, 7) is 1.50. The van der Waals surface area contributed by atoms with Crippen molar-refractivity contribution in [2.24, 2.45) is 7.05 Å². The average Bonchev–Trinajstić information content (AvgIpc) is 3.25. The predicted molar refractivity (Wildman–Crippen MR) is 124 cm³/mol. The molecule has 1 aliphatic heterocycles. The van der Waals surface area contributed by atoms with E-state index in [1.807, 2.05) is 36.4 Å². The van der Waals surface area contributed by atoms with E-state index >= 15 is 0 Å². The number of carbonyl (C=O) groups is 1. The highest BCUT2D eigenvalue weighted by molar-refractivity contribution is 7.18. The normalized spacial score (nSPS) is 15.0. The summed E-state index contributed by atoms with van der Waals surface area (Å²) in [5.74, 6) is -0.206. The molecular formula is C24H23N3O3S. The third-order valence-electron chi connectivity index (χ3n) is 6.14. The Morgan fingerprint density at radius 2 is 1.81 bits per heavy atom. The van der Waals surface area contributed by atoms with Crippen LogP contribution in [0.5, 0.6) is 0 Å². The third-order valence-corrected chi connectivity index (χ3v) is 7.34. The van der Waals surface area contributed by atoms with Crippen LogP contribution in [0.2, 0.25) is 0 Å². The summed E-state index contributed by atoms with van der Waals surface area (Å²) >= 11 is 1.76. The first-order chi connectivity index (χ1) is 15.1. The summed E-state index contributed by atoms with van der Waals surface area (Å²) in [7, 11) is 3.01. The summed E-state index contributed by atoms with van der Waals surface area (Å²) in [5.41, 5.74) is 2.34. The van der Waals surface area contributed by atoms with Crippen molar-refractivity contribution in [1.29, 1.82) is 0 Å². The highest BCUT2D eigenvalue weighted by atomic mass is 32.1. The number of methoxy groups -OCH3 is 1. The maximum Gasteiger partial charge on any atom is 0.345 e. The molecule has 1 saturated heterocycles. The summed E-state index contributed by atoms with van der Waals surface area (Å²) in [5, 5.41) is 2.06. The van der Waals surface area contributed by atoms with Gasteiger partial charge >= 0.3 is 5.97 Å². The number of anilines is 1. The number of thiazole rings is 1. The van der Waals surface area contributed by atoms with E-state index in [1.165, 1.54) is 21.4 Å². The van der Waals surface area contributed by atoms with Gasteiger partial charge in [0, 0.05) is 31.4 Å². The van der Waals surface area contributed by atoms with Gasteiger partial charge in [0.15, 0.2) is 0 Å². The lowest BCUT2D eigenvalue weighted by atomic mass is 9.95. The number of nitrogens with zero attached hydrogens (tertiary/aromatic N) is 3. The second kappa shape index (κ2) is 7.81. The highest BCUT2D eigenvalue weighted by Gasteiger charge is 2.30. The Labute approximate surface area is 183 Å². The van der Waals surface area contributed by atoms with Gasteiger partial charge in [-0.25, -0.2) is 9.78 Å². The molecule has 2 aromatic carbocycles. The van der Waals surface area contributed by atoms with Crippen LogP contribution in [0.1, 0.15) is 34.1 Å². The van der Waals surface area contributed by atoms with Gasteiger partial charge in [-0.3, -0.25) is 4.79 Å². The Morgan fingerprint density at radius 1 is 1.10 bits per heavy atom. The van der Waals surface area contributed by atoms with E-state index in [1.54, 1.807) is 18.4 Å². The Morgan fingerprint density at radius 3 is 2.55 bits per heavy atom. The standard InChI is InChI=1S/C24H23N3O3S/c1-26-18-9-5-3-7-16(18)21(20(23(26)28)24(29)30-2)27-13-11-15(12-14-27)22-25-17-8-4-6-10-19(17)31-22/h3-10,15H,11-14H2,1-2H3. The number of carbonyl (C=O) groups excluding carboxylic acids is 1. The number of benzene rings is 2. The molecule has 5 rings (SSSR count). The lowest BCUT2D eigenvalue weighted by Crippen LogP contribution is -2.37. The van der Waals surface area contributed by atoms with Crippen LogP contribution in [0.4, 0.5) is 5.69 Å². The number of fused-ring (bicyclic) bond motifs is 2. The van der Waals surface area contributed by atoms with Gasteiger partial charge in [-0.15, -0.1) is 11.3 Å². The molecule has 158 valence electrons. The largest absolute Gasteiger partial charge is 0.465 e. The van der Waals surface area contributed by atoms with E-state index in [0.29, 0.717) is 11.6 Å². The Hall–Kier alpha value is -3.19. The molecule has 1 fully saturated rings. The molecule has 0 saturated carbocycles. The molecule has 0 radical (unpaired) electrons. The van der Waals surface area contributed by atoms with E-state index in [4.69, 9.17) is 9.72 Å². The van der Waals surface area contributed by atoms with Crippen molar-refractivity contribution in [3.63, 3.8) is 0 Å². The number of esters is 1. The topological polar surface area (TPSA) is 64.4 Å². The molecule has 0 atom stereocenters. The SMILES string of the molecule is COC(=O)c1c(N2CCC(c3nc4ccccc4s3)CC2)c2ccccc2n(C)c1=O. The first-order valence-electron chi connectivity index (χ1n) is 10.4. The average molecular weight is 434 g/mol. The summed E-state index contributed by atoms with van der Waals surface area (Å²) in [6, 6.07) is 15.9. The summed E-state index contributed by atoms with van der Waals surface area (Å²) in [4.78, 5) is 32.7. The monoisotopic (exact) mass is 433 g/mol. The first-order valence-corrected chi connectivity index (χ1v) is 11.2. The molecule has 0 amide bonds. The molecule has 2 aromatic heterocycles. The number of pyridine rings is 1. The smallest absolute Gasteiger partial charge is 0.345 e. The molecule has 0 unspecified atom stereocenters. The number of aryl methyl sites for hydroxylation is 1. The van der Waals surface area contributed by atoms with Crippen molar-refractivity contribution in [2.75, 3.05) is 25.1 Å². The Kier molecular flexibility index (Phi) is 4.98. The Bertz CT molecular complexity index is 1320. The molecule has 0 N–H and O–H groups in total. The zero-order valence-electron chi connectivity index (χ0n) is 17.5. The fourth-order valence-electron chi connectivity index (χ4n) is 4.51. The van der Waals surface area contributed by atoms with Crippen LogP contribution in [0.15, 0.2) is 53.3 Å². The van der Waals surface area contributed by atoms with Crippen LogP contribution >= 0.6 is 11.3 Å².